The minimum Gasteiger partial charge on any atom is -0.460 e. The molecule has 0 aliphatic carbocycles. The fraction of sp³-hybridized carbons (Fsp3) is 0.650. The molecular weight excluding hydrogens is 286 g/mol. The Morgan fingerprint density at radius 2 is 1.70 bits per heavy atom. The zero-order valence-electron chi connectivity index (χ0n) is 15.7. The van der Waals surface area contributed by atoms with Gasteiger partial charge in [-0.05, 0) is 37.9 Å². The van der Waals surface area contributed by atoms with Gasteiger partial charge in [-0.1, -0.05) is 71.4 Å². The second kappa shape index (κ2) is 14.3. The van der Waals surface area contributed by atoms with Crippen molar-refractivity contribution < 1.29 is 9.53 Å². The number of unbranched alkanes of at least 4 members (excludes halogenated alkanes) is 1. The summed E-state index contributed by atoms with van der Waals surface area (Å²) in [5.74, 6) is -0.0918. The predicted octanol–water partition coefficient (Wildman–Crippen LogP) is 5.05. The Labute approximate surface area is 143 Å². The van der Waals surface area contributed by atoms with Crippen molar-refractivity contribution in [1.82, 2.24) is 4.90 Å². The molecule has 0 saturated heterocycles. The molecule has 3 nitrogen and oxygen atoms in total. The van der Waals surface area contributed by atoms with E-state index in [0.717, 1.165) is 44.3 Å². The Hall–Kier alpha value is -1.35. The van der Waals surface area contributed by atoms with Gasteiger partial charge >= 0.3 is 5.97 Å². The molecule has 1 unspecified atom stereocenters. The monoisotopic (exact) mass is 321 g/mol. The molecule has 1 atom stereocenters. The second-order valence-corrected chi connectivity index (χ2v) is 5.41. The summed E-state index contributed by atoms with van der Waals surface area (Å²) in [7, 11) is 0. The molecule has 0 N–H and O–H groups in total. The van der Waals surface area contributed by atoms with Gasteiger partial charge in [-0.2, -0.15) is 0 Å². The minimum atomic E-state index is -0.111. The van der Waals surface area contributed by atoms with Crippen molar-refractivity contribution in [3.8, 4) is 0 Å². The highest BCUT2D eigenvalue weighted by molar-refractivity contribution is 5.75. The fourth-order valence-corrected chi connectivity index (χ4v) is 2.47. The quantitative estimate of drug-likeness (QED) is 0.565. The minimum absolute atomic E-state index is 0.0918. The average molecular weight is 322 g/mol. The standard InChI is InChI=1S/C18H29NO2.C2H6/c1-4-7-14-19(13-5-2)17(6-3)18(20)21-15-16-11-9-8-10-12-16;1-2/h8-12,17H,4-7,13-15H2,1-3H3;1-2H3. The largest absolute Gasteiger partial charge is 0.460 e. The van der Waals surface area contributed by atoms with E-state index >= 15 is 0 Å². The second-order valence-electron chi connectivity index (χ2n) is 5.41. The van der Waals surface area contributed by atoms with Crippen molar-refractivity contribution in [1.29, 1.82) is 0 Å². The van der Waals surface area contributed by atoms with Gasteiger partial charge in [0.05, 0.1) is 0 Å². The van der Waals surface area contributed by atoms with Gasteiger partial charge in [0.25, 0.3) is 0 Å². The highest BCUT2D eigenvalue weighted by Gasteiger charge is 2.24. The number of rotatable bonds is 10. The van der Waals surface area contributed by atoms with Gasteiger partial charge in [-0.3, -0.25) is 9.69 Å². The molecule has 0 amide bonds. The van der Waals surface area contributed by atoms with E-state index in [9.17, 15) is 4.79 Å². The van der Waals surface area contributed by atoms with Crippen LogP contribution in [0.2, 0.25) is 0 Å². The first-order valence-corrected chi connectivity index (χ1v) is 9.17. The third-order valence-electron chi connectivity index (χ3n) is 3.63. The van der Waals surface area contributed by atoms with Crippen molar-refractivity contribution in [2.45, 2.75) is 73.0 Å². The van der Waals surface area contributed by atoms with E-state index in [1.54, 1.807) is 0 Å². The maximum absolute atomic E-state index is 12.4. The van der Waals surface area contributed by atoms with Crippen LogP contribution in [0.3, 0.4) is 0 Å². The SMILES string of the molecule is CC.CCCCN(CCC)C(CC)C(=O)OCc1ccccc1. The molecule has 0 fully saturated rings. The lowest BCUT2D eigenvalue weighted by Crippen LogP contribution is -2.42. The first-order valence-electron chi connectivity index (χ1n) is 9.17. The van der Waals surface area contributed by atoms with E-state index < -0.39 is 0 Å². The van der Waals surface area contributed by atoms with E-state index in [-0.39, 0.29) is 12.0 Å². The Balaban J connectivity index is 0.00000232. The van der Waals surface area contributed by atoms with Gasteiger partial charge in [-0.25, -0.2) is 0 Å². The van der Waals surface area contributed by atoms with E-state index in [1.807, 2.05) is 44.2 Å². The third kappa shape index (κ3) is 8.75. The molecule has 3 heteroatoms. The molecule has 0 saturated carbocycles. The van der Waals surface area contributed by atoms with Crippen molar-refractivity contribution in [2.75, 3.05) is 13.1 Å². The summed E-state index contributed by atoms with van der Waals surface area (Å²) in [6.07, 6.45) is 4.14. The highest BCUT2D eigenvalue weighted by atomic mass is 16.5. The van der Waals surface area contributed by atoms with Crippen LogP contribution >= 0.6 is 0 Å². The maximum atomic E-state index is 12.4. The number of nitrogens with zero attached hydrogens (tertiary/aromatic N) is 1. The van der Waals surface area contributed by atoms with Crippen LogP contribution in [0.1, 0.15) is 65.9 Å². The predicted molar refractivity (Wildman–Crippen MR) is 98.4 cm³/mol. The molecule has 132 valence electrons. The number of benzene rings is 1. The number of hydrogen-bond donors (Lipinski definition) is 0. The van der Waals surface area contributed by atoms with Crippen LogP contribution in [0, 0.1) is 0 Å². The molecule has 0 aliphatic heterocycles. The molecule has 1 aromatic rings. The van der Waals surface area contributed by atoms with Crippen LogP contribution < -0.4 is 0 Å². The Morgan fingerprint density at radius 3 is 2.22 bits per heavy atom. The number of esters is 1. The molecule has 0 heterocycles. The fourth-order valence-electron chi connectivity index (χ4n) is 2.47. The van der Waals surface area contributed by atoms with Crippen molar-refractivity contribution >= 4 is 5.97 Å². The van der Waals surface area contributed by atoms with Crippen molar-refractivity contribution in [3.63, 3.8) is 0 Å². The van der Waals surface area contributed by atoms with Gasteiger partial charge in [0.15, 0.2) is 0 Å². The molecular formula is C20H35NO2. The maximum Gasteiger partial charge on any atom is 0.323 e. The van der Waals surface area contributed by atoms with Crippen LogP contribution in [0.4, 0.5) is 0 Å². The normalized spacial score (nSPS) is 11.6. The number of carbonyl (C=O) groups is 1. The van der Waals surface area contributed by atoms with Crippen LogP contribution in [-0.2, 0) is 16.1 Å². The van der Waals surface area contributed by atoms with Gasteiger partial charge in [0.2, 0.25) is 0 Å². The molecule has 0 spiro atoms. The van der Waals surface area contributed by atoms with Crippen LogP contribution in [0.5, 0.6) is 0 Å². The molecule has 0 aromatic heterocycles. The lowest BCUT2D eigenvalue weighted by Gasteiger charge is -2.29. The summed E-state index contributed by atoms with van der Waals surface area (Å²) >= 11 is 0. The smallest absolute Gasteiger partial charge is 0.323 e. The van der Waals surface area contributed by atoms with Gasteiger partial charge in [0, 0.05) is 0 Å². The third-order valence-corrected chi connectivity index (χ3v) is 3.63. The lowest BCUT2D eigenvalue weighted by atomic mass is 10.1. The summed E-state index contributed by atoms with van der Waals surface area (Å²) in [4.78, 5) is 14.6. The first-order chi connectivity index (χ1) is 11.2. The molecule has 23 heavy (non-hydrogen) atoms. The molecule has 1 aromatic carbocycles. The van der Waals surface area contributed by atoms with Crippen LogP contribution in [0.15, 0.2) is 30.3 Å². The van der Waals surface area contributed by atoms with Gasteiger partial charge in [0.1, 0.15) is 12.6 Å². The van der Waals surface area contributed by atoms with E-state index in [1.165, 1.54) is 0 Å². The summed E-state index contributed by atoms with van der Waals surface area (Å²) < 4.78 is 5.51. The zero-order valence-corrected chi connectivity index (χ0v) is 15.7. The lowest BCUT2D eigenvalue weighted by molar-refractivity contribution is -0.151. The molecule has 0 radical (unpaired) electrons. The van der Waals surface area contributed by atoms with Crippen LogP contribution in [0.25, 0.3) is 0 Å². The number of ether oxygens (including phenoxy) is 1. The number of carbonyl (C=O) groups excluding carboxylic acids is 1. The summed E-state index contributed by atoms with van der Waals surface area (Å²) in [5, 5.41) is 0. The molecule has 0 aliphatic rings. The molecule has 1 rings (SSSR count). The highest BCUT2D eigenvalue weighted by Crippen LogP contribution is 2.11. The Kier molecular flexibility index (Phi) is 13.4. The van der Waals surface area contributed by atoms with Gasteiger partial charge in [-0.15, -0.1) is 0 Å². The Bertz CT molecular complexity index is 392. The van der Waals surface area contributed by atoms with E-state index in [2.05, 4.69) is 25.7 Å². The molecule has 0 bridgehead atoms. The summed E-state index contributed by atoms with van der Waals surface area (Å²) in [6, 6.07) is 9.74. The zero-order chi connectivity index (χ0) is 17.5. The topological polar surface area (TPSA) is 29.5 Å². The number of hydrogen-bond acceptors (Lipinski definition) is 3. The summed E-state index contributed by atoms with van der Waals surface area (Å²) in [6.45, 7) is 12.7. The Morgan fingerprint density at radius 1 is 1.04 bits per heavy atom. The van der Waals surface area contributed by atoms with Crippen molar-refractivity contribution in [2.24, 2.45) is 0 Å². The van der Waals surface area contributed by atoms with Gasteiger partial charge < -0.3 is 4.74 Å². The summed E-state index contributed by atoms with van der Waals surface area (Å²) in [5.41, 5.74) is 1.04. The van der Waals surface area contributed by atoms with Crippen LogP contribution in [-0.4, -0.2) is 30.0 Å². The van der Waals surface area contributed by atoms with Crippen molar-refractivity contribution in [3.05, 3.63) is 35.9 Å². The van der Waals surface area contributed by atoms with E-state index in [4.69, 9.17) is 4.74 Å². The average Bonchev–Trinajstić information content (AvgIpc) is 2.61. The first kappa shape index (κ1) is 21.6. The van der Waals surface area contributed by atoms with E-state index in [0.29, 0.717) is 6.61 Å².